The first-order valence-electron chi connectivity index (χ1n) is 8.61. The molecule has 0 aliphatic rings. The number of carbonyl (C=O) groups excluding carboxylic acids is 2. The molecule has 0 aliphatic carbocycles. The van der Waals surface area contributed by atoms with Gasteiger partial charge in [0.25, 0.3) is 5.91 Å². The predicted molar refractivity (Wildman–Crippen MR) is 103 cm³/mol. The van der Waals surface area contributed by atoms with E-state index in [2.05, 4.69) is 5.32 Å². The van der Waals surface area contributed by atoms with Gasteiger partial charge >= 0.3 is 5.97 Å². The van der Waals surface area contributed by atoms with Crippen molar-refractivity contribution in [2.45, 2.75) is 13.0 Å². The molecule has 0 aliphatic heterocycles. The van der Waals surface area contributed by atoms with Gasteiger partial charge in [-0.3, -0.25) is 4.79 Å². The Balaban J connectivity index is 1.61. The Bertz CT molecular complexity index is 958. The van der Waals surface area contributed by atoms with E-state index >= 15 is 0 Å². The summed E-state index contributed by atoms with van der Waals surface area (Å²) < 4.78 is 23.8. The van der Waals surface area contributed by atoms with Gasteiger partial charge in [-0.05, 0) is 61.5 Å². The number of hydrogen-bond acceptors (Lipinski definition) is 4. The zero-order valence-electron chi connectivity index (χ0n) is 15.1. The molecule has 0 bridgehead atoms. The maximum atomic E-state index is 12.9. The number of anilines is 1. The number of nitrogens with one attached hydrogen (secondary N) is 1. The Morgan fingerprint density at radius 1 is 0.893 bits per heavy atom. The van der Waals surface area contributed by atoms with Gasteiger partial charge in [0.1, 0.15) is 17.3 Å². The fraction of sp³-hybridized carbons (Fsp3) is 0.0909. The second kappa shape index (κ2) is 8.81. The van der Waals surface area contributed by atoms with E-state index in [9.17, 15) is 14.0 Å². The number of carbonyl (C=O) groups is 2. The van der Waals surface area contributed by atoms with Crippen LogP contribution in [0.15, 0.2) is 78.9 Å². The van der Waals surface area contributed by atoms with Gasteiger partial charge in [-0.25, -0.2) is 9.18 Å². The molecule has 0 aromatic heterocycles. The second-order valence-electron chi connectivity index (χ2n) is 5.99. The Labute approximate surface area is 161 Å². The van der Waals surface area contributed by atoms with E-state index in [-0.39, 0.29) is 5.56 Å². The van der Waals surface area contributed by atoms with Gasteiger partial charge in [-0.2, -0.15) is 0 Å². The van der Waals surface area contributed by atoms with Crippen LogP contribution in [0.25, 0.3) is 0 Å². The standard InChI is InChI=1S/C22H18FNO4/c1-15(21(25)24-18-12-10-17(23)11-13-18)27-22(26)16-6-5-9-20(14-16)28-19-7-3-2-4-8-19/h2-15H,1H3,(H,24,25)/t15-/m0/s1. The minimum atomic E-state index is -1.03. The lowest BCUT2D eigenvalue weighted by Crippen LogP contribution is -2.30. The van der Waals surface area contributed by atoms with Gasteiger partial charge in [0.2, 0.25) is 0 Å². The molecule has 1 amide bonds. The van der Waals surface area contributed by atoms with Crippen LogP contribution in [0.1, 0.15) is 17.3 Å². The molecular formula is C22H18FNO4. The molecule has 6 heteroatoms. The van der Waals surface area contributed by atoms with Crippen LogP contribution in [-0.2, 0) is 9.53 Å². The maximum Gasteiger partial charge on any atom is 0.339 e. The molecule has 3 aromatic rings. The molecular weight excluding hydrogens is 361 g/mol. The molecule has 1 N–H and O–H groups in total. The SMILES string of the molecule is C[C@H](OC(=O)c1cccc(Oc2ccccc2)c1)C(=O)Nc1ccc(F)cc1. The molecule has 1 atom stereocenters. The van der Waals surface area contributed by atoms with Crippen LogP contribution in [0.5, 0.6) is 11.5 Å². The molecule has 0 heterocycles. The molecule has 142 valence electrons. The zero-order chi connectivity index (χ0) is 19.9. The van der Waals surface area contributed by atoms with E-state index in [1.165, 1.54) is 31.2 Å². The van der Waals surface area contributed by atoms with Crippen molar-refractivity contribution < 1.29 is 23.5 Å². The van der Waals surface area contributed by atoms with Crippen LogP contribution < -0.4 is 10.1 Å². The van der Waals surface area contributed by atoms with Crippen LogP contribution in [0.4, 0.5) is 10.1 Å². The van der Waals surface area contributed by atoms with Crippen molar-refractivity contribution >= 4 is 17.6 Å². The predicted octanol–water partition coefficient (Wildman–Crippen LogP) is 4.80. The molecule has 0 radical (unpaired) electrons. The van der Waals surface area contributed by atoms with E-state index in [0.29, 0.717) is 17.2 Å². The highest BCUT2D eigenvalue weighted by molar-refractivity contribution is 5.97. The van der Waals surface area contributed by atoms with Gasteiger partial charge < -0.3 is 14.8 Å². The van der Waals surface area contributed by atoms with E-state index in [4.69, 9.17) is 9.47 Å². The summed E-state index contributed by atoms with van der Waals surface area (Å²) in [4.78, 5) is 24.5. The normalized spacial score (nSPS) is 11.4. The van der Waals surface area contributed by atoms with Crippen LogP contribution in [0.2, 0.25) is 0 Å². The number of amides is 1. The molecule has 3 rings (SSSR count). The molecule has 28 heavy (non-hydrogen) atoms. The molecule has 0 saturated heterocycles. The summed E-state index contributed by atoms with van der Waals surface area (Å²) in [6.45, 7) is 1.46. The summed E-state index contributed by atoms with van der Waals surface area (Å²) in [6.07, 6.45) is -1.03. The van der Waals surface area contributed by atoms with Gasteiger partial charge in [0.15, 0.2) is 6.10 Å². The molecule has 5 nitrogen and oxygen atoms in total. The number of ether oxygens (including phenoxy) is 2. The fourth-order valence-corrected chi connectivity index (χ4v) is 2.37. The smallest absolute Gasteiger partial charge is 0.339 e. The number of esters is 1. The summed E-state index contributed by atoms with van der Waals surface area (Å²) in [5.41, 5.74) is 0.669. The van der Waals surface area contributed by atoms with Crippen LogP contribution in [-0.4, -0.2) is 18.0 Å². The lowest BCUT2D eigenvalue weighted by Gasteiger charge is -2.14. The molecule has 3 aromatic carbocycles. The van der Waals surface area contributed by atoms with Crippen molar-refractivity contribution in [2.24, 2.45) is 0 Å². The number of halogens is 1. The lowest BCUT2D eigenvalue weighted by atomic mass is 10.2. The van der Waals surface area contributed by atoms with Crippen LogP contribution in [0.3, 0.4) is 0 Å². The van der Waals surface area contributed by atoms with E-state index < -0.39 is 23.8 Å². The van der Waals surface area contributed by atoms with E-state index in [1.54, 1.807) is 36.4 Å². The van der Waals surface area contributed by atoms with Gasteiger partial charge in [0, 0.05) is 5.69 Å². The Kier molecular flexibility index (Phi) is 6.01. The summed E-state index contributed by atoms with van der Waals surface area (Å²) >= 11 is 0. The molecule has 0 spiro atoms. The summed E-state index contributed by atoms with van der Waals surface area (Å²) in [6, 6.07) is 21.0. The zero-order valence-corrected chi connectivity index (χ0v) is 15.1. The summed E-state index contributed by atoms with van der Waals surface area (Å²) in [5.74, 6) is -0.462. The summed E-state index contributed by atoms with van der Waals surface area (Å²) in [5, 5.41) is 2.56. The van der Waals surface area contributed by atoms with Crippen molar-refractivity contribution in [2.75, 3.05) is 5.32 Å². The minimum absolute atomic E-state index is 0.259. The first-order valence-corrected chi connectivity index (χ1v) is 8.61. The van der Waals surface area contributed by atoms with Crippen molar-refractivity contribution in [3.8, 4) is 11.5 Å². The van der Waals surface area contributed by atoms with Crippen molar-refractivity contribution in [1.29, 1.82) is 0 Å². The van der Waals surface area contributed by atoms with Crippen molar-refractivity contribution in [3.05, 3.63) is 90.2 Å². The number of benzene rings is 3. The second-order valence-corrected chi connectivity index (χ2v) is 5.99. The highest BCUT2D eigenvalue weighted by Crippen LogP contribution is 2.22. The average molecular weight is 379 g/mol. The fourth-order valence-electron chi connectivity index (χ4n) is 2.37. The molecule has 0 saturated carbocycles. The van der Waals surface area contributed by atoms with E-state index in [0.717, 1.165) is 0 Å². The first-order chi connectivity index (χ1) is 13.5. The van der Waals surface area contributed by atoms with Crippen molar-refractivity contribution in [3.63, 3.8) is 0 Å². The van der Waals surface area contributed by atoms with Crippen LogP contribution >= 0.6 is 0 Å². The quantitative estimate of drug-likeness (QED) is 0.625. The third-order valence-electron chi connectivity index (χ3n) is 3.81. The minimum Gasteiger partial charge on any atom is -0.457 e. The third-order valence-corrected chi connectivity index (χ3v) is 3.81. The molecule has 0 unspecified atom stereocenters. The third kappa shape index (κ3) is 5.17. The lowest BCUT2D eigenvalue weighted by molar-refractivity contribution is -0.123. The number of rotatable bonds is 6. The van der Waals surface area contributed by atoms with Crippen LogP contribution in [0, 0.1) is 5.82 Å². The Morgan fingerprint density at radius 2 is 1.57 bits per heavy atom. The average Bonchev–Trinajstić information content (AvgIpc) is 2.70. The Hall–Kier alpha value is -3.67. The maximum absolute atomic E-state index is 12.9. The van der Waals surface area contributed by atoms with Gasteiger partial charge in [-0.15, -0.1) is 0 Å². The first kappa shape index (κ1) is 19.1. The molecule has 0 fully saturated rings. The highest BCUT2D eigenvalue weighted by atomic mass is 19.1. The van der Waals surface area contributed by atoms with Crippen molar-refractivity contribution in [1.82, 2.24) is 0 Å². The highest BCUT2D eigenvalue weighted by Gasteiger charge is 2.19. The van der Waals surface area contributed by atoms with E-state index in [1.807, 2.05) is 18.2 Å². The number of hydrogen-bond donors (Lipinski definition) is 1. The topological polar surface area (TPSA) is 64.6 Å². The summed E-state index contributed by atoms with van der Waals surface area (Å²) in [7, 11) is 0. The Morgan fingerprint density at radius 3 is 2.29 bits per heavy atom. The number of para-hydroxylation sites is 1. The van der Waals surface area contributed by atoms with Gasteiger partial charge in [0.05, 0.1) is 5.56 Å². The monoisotopic (exact) mass is 379 g/mol. The largest absolute Gasteiger partial charge is 0.457 e. The van der Waals surface area contributed by atoms with Gasteiger partial charge in [-0.1, -0.05) is 24.3 Å².